The van der Waals surface area contributed by atoms with E-state index in [0.29, 0.717) is 17.4 Å². The molecule has 0 saturated heterocycles. The molecule has 0 aliphatic carbocycles. The van der Waals surface area contributed by atoms with E-state index in [1.807, 2.05) is 21.1 Å². The average molecular weight is 372 g/mol. The molecule has 0 radical (unpaired) electrons. The SMILES string of the molecule is CCCCC(C)CCCCCCCC(=O)OC(CC(=O)[O-])C[N+](C)(C)C. The van der Waals surface area contributed by atoms with Gasteiger partial charge in [0.2, 0.25) is 0 Å². The zero-order valence-electron chi connectivity index (χ0n) is 17.7. The lowest BCUT2D eigenvalue weighted by atomic mass is 9.97. The van der Waals surface area contributed by atoms with Gasteiger partial charge in [-0.15, -0.1) is 0 Å². The maximum absolute atomic E-state index is 12.0. The predicted octanol–water partition coefficient (Wildman–Crippen LogP) is 3.30. The standard InChI is InChI=1S/C21H41NO4/c1-6-7-13-18(2)14-11-9-8-10-12-15-21(25)26-19(16-20(23)24)17-22(3,4)5/h18-19H,6-17H2,1-5H3. The van der Waals surface area contributed by atoms with Crippen LogP contribution in [0.5, 0.6) is 0 Å². The van der Waals surface area contributed by atoms with Crippen LogP contribution in [0, 0.1) is 5.92 Å². The topological polar surface area (TPSA) is 66.4 Å². The van der Waals surface area contributed by atoms with Crippen LogP contribution >= 0.6 is 0 Å². The zero-order valence-corrected chi connectivity index (χ0v) is 17.7. The fraction of sp³-hybridized carbons (Fsp3) is 0.905. The van der Waals surface area contributed by atoms with E-state index in [4.69, 9.17) is 4.74 Å². The highest BCUT2D eigenvalue weighted by atomic mass is 16.5. The monoisotopic (exact) mass is 371 g/mol. The molecule has 0 rings (SSSR count). The third kappa shape index (κ3) is 16.4. The molecule has 0 aliphatic heterocycles. The number of rotatable bonds is 16. The number of hydrogen-bond acceptors (Lipinski definition) is 4. The van der Waals surface area contributed by atoms with E-state index in [0.717, 1.165) is 25.2 Å². The van der Waals surface area contributed by atoms with E-state index in [2.05, 4.69) is 13.8 Å². The van der Waals surface area contributed by atoms with Gasteiger partial charge in [-0.2, -0.15) is 0 Å². The summed E-state index contributed by atoms with van der Waals surface area (Å²) in [6.45, 7) is 5.04. The van der Waals surface area contributed by atoms with E-state index >= 15 is 0 Å². The number of nitrogens with zero attached hydrogens (tertiary/aromatic N) is 1. The summed E-state index contributed by atoms with van der Waals surface area (Å²) in [7, 11) is 5.83. The molecule has 0 amide bonds. The Balaban J connectivity index is 3.84. The summed E-state index contributed by atoms with van der Waals surface area (Å²) in [5.74, 6) is -0.644. The van der Waals surface area contributed by atoms with Crippen molar-refractivity contribution >= 4 is 11.9 Å². The van der Waals surface area contributed by atoms with Gasteiger partial charge >= 0.3 is 5.97 Å². The maximum atomic E-state index is 12.0. The van der Waals surface area contributed by atoms with Crippen LogP contribution in [-0.4, -0.2) is 50.2 Å². The van der Waals surface area contributed by atoms with Gasteiger partial charge in [-0.05, 0) is 12.3 Å². The van der Waals surface area contributed by atoms with Crippen molar-refractivity contribution < 1.29 is 23.9 Å². The lowest BCUT2D eigenvalue weighted by Gasteiger charge is -2.29. The van der Waals surface area contributed by atoms with Gasteiger partial charge in [0.15, 0.2) is 6.10 Å². The molecule has 5 nitrogen and oxygen atoms in total. The van der Waals surface area contributed by atoms with Crippen LogP contribution in [0.15, 0.2) is 0 Å². The van der Waals surface area contributed by atoms with Gasteiger partial charge in [0, 0.05) is 18.8 Å². The van der Waals surface area contributed by atoms with Gasteiger partial charge in [0.05, 0.1) is 21.1 Å². The van der Waals surface area contributed by atoms with Gasteiger partial charge in [0.25, 0.3) is 0 Å². The van der Waals surface area contributed by atoms with Crippen molar-refractivity contribution in [3.05, 3.63) is 0 Å². The fourth-order valence-corrected chi connectivity index (χ4v) is 3.17. The van der Waals surface area contributed by atoms with Crippen LogP contribution in [0.25, 0.3) is 0 Å². The van der Waals surface area contributed by atoms with Crippen molar-refractivity contribution in [3.63, 3.8) is 0 Å². The first-order valence-corrected chi connectivity index (χ1v) is 10.3. The molecule has 5 heteroatoms. The minimum Gasteiger partial charge on any atom is -0.550 e. The molecule has 154 valence electrons. The average Bonchev–Trinajstić information content (AvgIpc) is 2.49. The highest BCUT2D eigenvalue weighted by molar-refractivity contribution is 5.70. The largest absolute Gasteiger partial charge is 0.550 e. The molecule has 0 aromatic heterocycles. The number of hydrogen-bond donors (Lipinski definition) is 0. The highest BCUT2D eigenvalue weighted by Crippen LogP contribution is 2.17. The van der Waals surface area contributed by atoms with Crippen molar-refractivity contribution in [3.8, 4) is 0 Å². The molecule has 0 N–H and O–H groups in total. The summed E-state index contributed by atoms with van der Waals surface area (Å²) in [5, 5.41) is 10.8. The molecule has 0 bridgehead atoms. The Kier molecular flexibility index (Phi) is 13.4. The van der Waals surface area contributed by atoms with E-state index in [1.165, 1.54) is 38.5 Å². The highest BCUT2D eigenvalue weighted by Gasteiger charge is 2.22. The molecule has 0 spiro atoms. The molecular formula is C21H41NO4. The first kappa shape index (κ1) is 24.9. The van der Waals surface area contributed by atoms with Gasteiger partial charge in [-0.1, -0.05) is 65.2 Å². The first-order chi connectivity index (χ1) is 12.1. The molecular weight excluding hydrogens is 330 g/mol. The third-order valence-corrected chi connectivity index (χ3v) is 4.57. The number of ether oxygens (including phenoxy) is 1. The minimum absolute atomic E-state index is 0.239. The van der Waals surface area contributed by atoms with Gasteiger partial charge in [-0.3, -0.25) is 4.79 Å². The van der Waals surface area contributed by atoms with Gasteiger partial charge < -0.3 is 19.1 Å². The lowest BCUT2D eigenvalue weighted by molar-refractivity contribution is -0.873. The second kappa shape index (κ2) is 14.0. The maximum Gasteiger partial charge on any atom is 0.306 e. The summed E-state index contributed by atoms with van der Waals surface area (Å²) in [4.78, 5) is 22.8. The second-order valence-corrected chi connectivity index (χ2v) is 8.71. The second-order valence-electron chi connectivity index (χ2n) is 8.71. The van der Waals surface area contributed by atoms with Crippen LogP contribution < -0.4 is 5.11 Å². The van der Waals surface area contributed by atoms with Crippen LogP contribution in [0.4, 0.5) is 0 Å². The number of carbonyl (C=O) groups is 2. The number of carbonyl (C=O) groups excluding carboxylic acids is 2. The molecule has 2 unspecified atom stereocenters. The van der Waals surface area contributed by atoms with E-state index in [1.54, 1.807) is 0 Å². The Morgan fingerprint density at radius 1 is 0.962 bits per heavy atom. The van der Waals surface area contributed by atoms with Crippen LogP contribution in [0.1, 0.15) is 84.5 Å². The third-order valence-electron chi connectivity index (χ3n) is 4.57. The Bertz CT molecular complexity index is 390. The number of likely N-dealkylation sites (N-methyl/N-ethyl adjacent to an activating group) is 1. The van der Waals surface area contributed by atoms with Gasteiger partial charge in [-0.25, -0.2) is 0 Å². The van der Waals surface area contributed by atoms with Crippen molar-refractivity contribution in [1.29, 1.82) is 0 Å². The molecule has 0 aromatic carbocycles. The normalized spacial score (nSPS) is 14.0. The number of carboxylic acid groups (broad SMARTS) is 1. The summed E-state index contributed by atoms with van der Waals surface area (Å²) < 4.78 is 5.90. The number of carboxylic acids is 1. The van der Waals surface area contributed by atoms with Crippen molar-refractivity contribution in [2.24, 2.45) is 5.92 Å². The van der Waals surface area contributed by atoms with Crippen molar-refractivity contribution in [2.45, 2.75) is 90.6 Å². The fourth-order valence-electron chi connectivity index (χ4n) is 3.17. The smallest absolute Gasteiger partial charge is 0.306 e. The molecule has 2 atom stereocenters. The Labute approximate surface area is 160 Å². The number of esters is 1. The number of quaternary nitrogens is 1. The van der Waals surface area contributed by atoms with Crippen molar-refractivity contribution in [1.82, 2.24) is 0 Å². The Morgan fingerprint density at radius 2 is 1.54 bits per heavy atom. The summed E-state index contributed by atoms with van der Waals surface area (Å²) in [6, 6.07) is 0. The number of aliphatic carboxylic acids is 1. The molecule has 26 heavy (non-hydrogen) atoms. The molecule has 0 heterocycles. The van der Waals surface area contributed by atoms with E-state index in [9.17, 15) is 14.7 Å². The first-order valence-electron chi connectivity index (χ1n) is 10.3. The minimum atomic E-state index is -1.18. The van der Waals surface area contributed by atoms with E-state index in [-0.39, 0.29) is 12.4 Å². The van der Waals surface area contributed by atoms with E-state index < -0.39 is 12.1 Å². The summed E-state index contributed by atoms with van der Waals surface area (Å²) >= 11 is 0. The van der Waals surface area contributed by atoms with Crippen LogP contribution in [-0.2, 0) is 14.3 Å². The van der Waals surface area contributed by atoms with Crippen LogP contribution in [0.3, 0.4) is 0 Å². The summed E-state index contributed by atoms with van der Waals surface area (Å²) in [5.41, 5.74) is 0. The van der Waals surface area contributed by atoms with Gasteiger partial charge in [0.1, 0.15) is 6.54 Å². The van der Waals surface area contributed by atoms with Crippen LogP contribution in [0.2, 0.25) is 0 Å². The Hall–Kier alpha value is -1.10. The zero-order chi connectivity index (χ0) is 20.0. The molecule has 0 aromatic rings. The molecule has 0 saturated carbocycles. The number of unbranched alkanes of at least 4 members (excludes halogenated alkanes) is 5. The summed E-state index contributed by atoms with van der Waals surface area (Å²) in [6.07, 6.45) is 10.2. The quantitative estimate of drug-likeness (QED) is 0.237. The van der Waals surface area contributed by atoms with Crippen molar-refractivity contribution in [2.75, 3.05) is 27.7 Å². The molecule has 0 aliphatic rings. The molecule has 0 fully saturated rings. The Morgan fingerprint density at radius 3 is 2.12 bits per heavy atom. The predicted molar refractivity (Wildman–Crippen MR) is 103 cm³/mol. The lowest BCUT2D eigenvalue weighted by Crippen LogP contribution is -2.45.